The van der Waals surface area contributed by atoms with Gasteiger partial charge in [0.2, 0.25) is 0 Å². The van der Waals surface area contributed by atoms with Gasteiger partial charge in [-0.1, -0.05) is 5.57 Å². The second kappa shape index (κ2) is 3.52. The molecule has 0 heterocycles. The number of esters is 1. The third kappa shape index (κ3) is 1.77. The zero-order chi connectivity index (χ0) is 9.26. The molecule has 0 amide bonds. The van der Waals surface area contributed by atoms with Crippen molar-refractivity contribution in [1.82, 2.24) is 0 Å². The Hall–Kier alpha value is -0.790. The summed E-state index contributed by atoms with van der Waals surface area (Å²) >= 11 is 0. The molecule has 13 heavy (non-hydrogen) atoms. The zero-order valence-corrected chi connectivity index (χ0v) is 8.08. The van der Waals surface area contributed by atoms with Crippen LogP contribution in [0.5, 0.6) is 0 Å². The fraction of sp³-hybridized carbons (Fsp3) is 0.727. The van der Waals surface area contributed by atoms with Gasteiger partial charge in [-0.15, -0.1) is 0 Å². The monoisotopic (exact) mass is 180 g/mol. The minimum atomic E-state index is -0.154. The van der Waals surface area contributed by atoms with Crippen molar-refractivity contribution in [3.8, 4) is 0 Å². The van der Waals surface area contributed by atoms with E-state index in [1.165, 1.54) is 18.4 Å². The molecule has 0 aliphatic heterocycles. The zero-order valence-electron chi connectivity index (χ0n) is 8.08. The molecule has 0 bridgehead atoms. The van der Waals surface area contributed by atoms with Gasteiger partial charge in [-0.3, -0.25) is 0 Å². The van der Waals surface area contributed by atoms with Crippen LogP contribution in [0, 0.1) is 11.8 Å². The molecule has 2 fully saturated rings. The Morgan fingerprint density at radius 2 is 2.08 bits per heavy atom. The van der Waals surface area contributed by atoms with E-state index in [1.54, 1.807) is 6.08 Å². The van der Waals surface area contributed by atoms with Crippen molar-refractivity contribution in [2.24, 2.45) is 11.8 Å². The molecule has 2 atom stereocenters. The lowest BCUT2D eigenvalue weighted by molar-refractivity contribution is -0.137. The van der Waals surface area contributed by atoms with Crippen LogP contribution >= 0.6 is 0 Å². The second-order valence-electron chi connectivity index (χ2n) is 4.06. The van der Waals surface area contributed by atoms with Crippen molar-refractivity contribution < 1.29 is 9.53 Å². The topological polar surface area (TPSA) is 26.3 Å². The standard InChI is InChI=1S/C11H16O2/c1-2-13-11(12)7-8-5-9-3-4-10(9)6-8/h7,9-10H,2-6H2,1H3/t9-,10+. The first-order valence-electron chi connectivity index (χ1n) is 5.15. The summed E-state index contributed by atoms with van der Waals surface area (Å²) < 4.78 is 4.88. The molecule has 0 spiro atoms. The molecule has 2 aliphatic carbocycles. The predicted octanol–water partition coefficient (Wildman–Crippen LogP) is 2.30. The molecule has 2 saturated carbocycles. The average Bonchev–Trinajstić information content (AvgIpc) is 2.31. The molecule has 0 aromatic heterocycles. The lowest BCUT2D eigenvalue weighted by Gasteiger charge is -2.28. The van der Waals surface area contributed by atoms with Gasteiger partial charge in [0.15, 0.2) is 0 Å². The van der Waals surface area contributed by atoms with E-state index >= 15 is 0 Å². The van der Waals surface area contributed by atoms with Crippen LogP contribution in [0.15, 0.2) is 11.6 Å². The van der Waals surface area contributed by atoms with E-state index in [2.05, 4.69) is 0 Å². The number of carbonyl (C=O) groups excluding carboxylic acids is 1. The molecule has 0 N–H and O–H groups in total. The van der Waals surface area contributed by atoms with Crippen molar-refractivity contribution in [2.75, 3.05) is 6.61 Å². The summed E-state index contributed by atoms with van der Waals surface area (Å²) in [5.74, 6) is 1.63. The van der Waals surface area contributed by atoms with Crippen LogP contribution in [0.25, 0.3) is 0 Å². The molecule has 0 aromatic rings. The van der Waals surface area contributed by atoms with Crippen LogP contribution < -0.4 is 0 Å². The smallest absolute Gasteiger partial charge is 0.330 e. The lowest BCUT2D eigenvalue weighted by Crippen LogP contribution is -2.18. The quantitative estimate of drug-likeness (QED) is 0.481. The molecular weight excluding hydrogens is 164 g/mol. The molecule has 0 aromatic carbocycles. The van der Waals surface area contributed by atoms with Crippen molar-refractivity contribution in [3.63, 3.8) is 0 Å². The van der Waals surface area contributed by atoms with Crippen molar-refractivity contribution >= 4 is 5.97 Å². The first-order chi connectivity index (χ1) is 6.29. The Morgan fingerprint density at radius 1 is 1.46 bits per heavy atom. The Bertz CT molecular complexity index is 228. The molecule has 2 rings (SSSR count). The van der Waals surface area contributed by atoms with Crippen LogP contribution in [0.1, 0.15) is 32.6 Å². The van der Waals surface area contributed by atoms with Crippen LogP contribution in [-0.2, 0) is 9.53 Å². The molecule has 0 radical (unpaired) electrons. The van der Waals surface area contributed by atoms with Crippen molar-refractivity contribution in [3.05, 3.63) is 11.6 Å². The number of hydrogen-bond acceptors (Lipinski definition) is 2. The van der Waals surface area contributed by atoms with Crippen LogP contribution in [-0.4, -0.2) is 12.6 Å². The number of ether oxygens (including phenoxy) is 1. The highest BCUT2D eigenvalue weighted by Gasteiger charge is 2.37. The van der Waals surface area contributed by atoms with E-state index in [0.29, 0.717) is 6.61 Å². The van der Waals surface area contributed by atoms with Crippen LogP contribution in [0.3, 0.4) is 0 Å². The van der Waals surface area contributed by atoms with Gasteiger partial charge in [-0.05, 0) is 44.4 Å². The maximum Gasteiger partial charge on any atom is 0.330 e. The maximum absolute atomic E-state index is 11.1. The van der Waals surface area contributed by atoms with Gasteiger partial charge in [-0.2, -0.15) is 0 Å². The van der Waals surface area contributed by atoms with Gasteiger partial charge in [0.05, 0.1) is 6.61 Å². The molecule has 72 valence electrons. The van der Waals surface area contributed by atoms with Gasteiger partial charge in [0, 0.05) is 6.08 Å². The van der Waals surface area contributed by atoms with E-state index in [1.807, 2.05) is 6.92 Å². The summed E-state index contributed by atoms with van der Waals surface area (Å²) in [5.41, 5.74) is 1.31. The maximum atomic E-state index is 11.1. The number of hydrogen-bond donors (Lipinski definition) is 0. The molecule has 2 nitrogen and oxygen atoms in total. The first kappa shape index (κ1) is 8.79. The summed E-state index contributed by atoms with van der Waals surface area (Å²) in [7, 11) is 0. The Kier molecular flexibility index (Phi) is 2.38. The third-order valence-corrected chi connectivity index (χ3v) is 3.23. The second-order valence-corrected chi connectivity index (χ2v) is 4.06. The SMILES string of the molecule is CCOC(=O)C=C1C[C@H]2CC[C@H]2C1. The summed E-state index contributed by atoms with van der Waals surface area (Å²) in [5, 5.41) is 0. The molecule has 2 aliphatic rings. The van der Waals surface area contributed by atoms with Crippen molar-refractivity contribution in [2.45, 2.75) is 32.6 Å². The number of fused-ring (bicyclic) bond motifs is 1. The fourth-order valence-corrected chi connectivity index (χ4v) is 2.40. The van der Waals surface area contributed by atoms with E-state index < -0.39 is 0 Å². The summed E-state index contributed by atoms with van der Waals surface area (Å²) in [6.07, 6.45) is 6.73. The molecule has 2 heteroatoms. The Morgan fingerprint density at radius 3 is 2.54 bits per heavy atom. The Labute approximate surface area is 79.0 Å². The van der Waals surface area contributed by atoms with E-state index in [0.717, 1.165) is 24.7 Å². The van der Waals surface area contributed by atoms with Gasteiger partial charge in [-0.25, -0.2) is 4.79 Å². The van der Waals surface area contributed by atoms with E-state index in [-0.39, 0.29) is 5.97 Å². The lowest BCUT2D eigenvalue weighted by atomic mass is 9.77. The highest BCUT2D eigenvalue weighted by Crippen LogP contribution is 2.49. The van der Waals surface area contributed by atoms with Crippen molar-refractivity contribution in [1.29, 1.82) is 0 Å². The van der Waals surface area contributed by atoms with Crippen LogP contribution in [0.4, 0.5) is 0 Å². The molecule has 0 unspecified atom stereocenters. The van der Waals surface area contributed by atoms with Crippen LogP contribution in [0.2, 0.25) is 0 Å². The predicted molar refractivity (Wildman–Crippen MR) is 50.2 cm³/mol. The summed E-state index contributed by atoms with van der Waals surface area (Å²) in [4.78, 5) is 11.1. The fourth-order valence-electron chi connectivity index (χ4n) is 2.40. The van der Waals surface area contributed by atoms with Gasteiger partial charge in [0.25, 0.3) is 0 Å². The molecule has 0 saturated heterocycles. The number of carbonyl (C=O) groups is 1. The minimum absolute atomic E-state index is 0.154. The highest BCUT2D eigenvalue weighted by atomic mass is 16.5. The first-order valence-corrected chi connectivity index (χ1v) is 5.15. The Balaban J connectivity index is 1.90. The molecular formula is C11H16O2. The van der Waals surface area contributed by atoms with Gasteiger partial charge < -0.3 is 4.74 Å². The summed E-state index contributed by atoms with van der Waals surface area (Å²) in [6, 6.07) is 0. The van der Waals surface area contributed by atoms with Gasteiger partial charge >= 0.3 is 5.97 Å². The number of allylic oxidation sites excluding steroid dienone is 1. The average molecular weight is 180 g/mol. The van der Waals surface area contributed by atoms with E-state index in [4.69, 9.17) is 4.74 Å². The third-order valence-electron chi connectivity index (χ3n) is 3.23. The largest absolute Gasteiger partial charge is 0.463 e. The number of rotatable bonds is 2. The normalized spacial score (nSPS) is 34.1. The summed E-state index contributed by atoms with van der Waals surface area (Å²) in [6.45, 7) is 2.32. The van der Waals surface area contributed by atoms with E-state index in [9.17, 15) is 4.79 Å². The van der Waals surface area contributed by atoms with Gasteiger partial charge in [0.1, 0.15) is 0 Å². The highest BCUT2D eigenvalue weighted by molar-refractivity contribution is 5.82. The minimum Gasteiger partial charge on any atom is -0.463 e.